The number of amides is 1. The lowest BCUT2D eigenvalue weighted by atomic mass is 9.71. The largest absolute Gasteiger partial charge is 0.394 e. The lowest BCUT2D eigenvalue weighted by molar-refractivity contribution is 0.0747. The van der Waals surface area contributed by atoms with E-state index in [4.69, 9.17) is 14.5 Å². The molecule has 43 heavy (non-hydrogen) atoms. The molecule has 1 amide bonds. The summed E-state index contributed by atoms with van der Waals surface area (Å²) in [6.45, 7) is 7.59. The summed E-state index contributed by atoms with van der Waals surface area (Å²) in [4.78, 5) is 35.6. The summed E-state index contributed by atoms with van der Waals surface area (Å²) >= 11 is 0. The quantitative estimate of drug-likeness (QED) is 0.237. The van der Waals surface area contributed by atoms with Gasteiger partial charge in [-0.3, -0.25) is 4.79 Å². The standard InChI is InChI=1S/C31H33N9O3/c1-2-13-40-18-23-21(28(40)42)8-9-25(33-23)35-30-32-17-22(26(36-30)34-24(19-41)20-6-4-3-5-7-20)27-37-29(38-43-27)31-10-14-39(15-11-31)16-12-31/h2-9,17,24,41H,1,10-16,18-19H2,(H2,32,33,34,35,36)/t24-/m1/s1. The molecule has 1 aromatic carbocycles. The molecule has 220 valence electrons. The number of aromatic nitrogens is 5. The average molecular weight is 580 g/mol. The zero-order chi connectivity index (χ0) is 29.4. The molecule has 12 nitrogen and oxygen atoms in total. The van der Waals surface area contributed by atoms with Crippen LogP contribution in [0.1, 0.15) is 52.7 Å². The first-order chi connectivity index (χ1) is 21.0. The molecule has 4 aliphatic rings. The van der Waals surface area contributed by atoms with E-state index in [2.05, 4.69) is 37.2 Å². The van der Waals surface area contributed by atoms with Crippen LogP contribution in [-0.2, 0) is 12.0 Å². The van der Waals surface area contributed by atoms with Crippen molar-refractivity contribution < 1.29 is 14.4 Å². The molecular formula is C31H33N9O3. The molecule has 0 aliphatic carbocycles. The van der Waals surface area contributed by atoms with Gasteiger partial charge in [-0.2, -0.15) is 9.97 Å². The van der Waals surface area contributed by atoms with Crippen LogP contribution < -0.4 is 10.6 Å². The topological polar surface area (TPSA) is 145 Å². The van der Waals surface area contributed by atoms with E-state index in [9.17, 15) is 9.90 Å². The number of carbonyl (C=O) groups excluding carboxylic acids is 1. The van der Waals surface area contributed by atoms with Crippen molar-refractivity contribution >= 4 is 23.5 Å². The zero-order valence-corrected chi connectivity index (χ0v) is 23.7. The van der Waals surface area contributed by atoms with E-state index in [1.165, 1.54) is 0 Å². The maximum absolute atomic E-state index is 12.6. The van der Waals surface area contributed by atoms with Crippen molar-refractivity contribution in [1.82, 2.24) is 34.9 Å². The molecule has 7 heterocycles. The minimum Gasteiger partial charge on any atom is -0.394 e. The van der Waals surface area contributed by atoms with Crippen molar-refractivity contribution in [1.29, 1.82) is 0 Å². The highest BCUT2D eigenvalue weighted by Crippen LogP contribution is 2.42. The molecule has 0 radical (unpaired) electrons. The van der Waals surface area contributed by atoms with Crippen LogP contribution in [-0.4, -0.2) is 78.7 Å². The van der Waals surface area contributed by atoms with E-state index in [1.807, 2.05) is 30.3 Å². The molecule has 3 saturated heterocycles. The van der Waals surface area contributed by atoms with E-state index in [1.54, 1.807) is 29.3 Å². The molecule has 3 N–H and O–H groups in total. The van der Waals surface area contributed by atoms with Gasteiger partial charge in [-0.25, -0.2) is 9.97 Å². The number of aliphatic hydroxyl groups excluding tert-OH is 1. The maximum Gasteiger partial charge on any atom is 0.263 e. The third kappa shape index (κ3) is 5.12. The highest BCUT2D eigenvalue weighted by Gasteiger charge is 2.44. The molecule has 3 fully saturated rings. The van der Waals surface area contributed by atoms with Crippen LogP contribution in [0.4, 0.5) is 17.6 Å². The number of carbonyl (C=O) groups is 1. The van der Waals surface area contributed by atoms with E-state index in [0.29, 0.717) is 47.4 Å². The SMILES string of the molecule is C=CCN1Cc2nc(Nc3ncc(-c4nc(C56CCN(CC5)CC6)no4)c(N[C@H](CO)c4ccccc4)n3)ccc2C1=O. The van der Waals surface area contributed by atoms with Gasteiger partial charge in [-0.1, -0.05) is 41.6 Å². The van der Waals surface area contributed by atoms with Crippen LogP contribution in [0, 0.1) is 0 Å². The number of piperidine rings is 3. The smallest absolute Gasteiger partial charge is 0.263 e. The summed E-state index contributed by atoms with van der Waals surface area (Å²) in [6.07, 6.45) is 6.38. The summed E-state index contributed by atoms with van der Waals surface area (Å²) in [7, 11) is 0. The van der Waals surface area contributed by atoms with Gasteiger partial charge in [0.2, 0.25) is 5.95 Å². The fourth-order valence-corrected chi connectivity index (χ4v) is 6.23. The second-order valence-electron chi connectivity index (χ2n) is 11.3. The Morgan fingerprint density at radius 2 is 1.84 bits per heavy atom. The number of hydrogen-bond donors (Lipinski definition) is 3. The number of pyridine rings is 1. The Bertz CT molecular complexity index is 1640. The van der Waals surface area contributed by atoms with E-state index >= 15 is 0 Å². The number of hydrogen-bond acceptors (Lipinski definition) is 11. The summed E-state index contributed by atoms with van der Waals surface area (Å²) in [6, 6.07) is 12.7. The monoisotopic (exact) mass is 579 g/mol. The van der Waals surface area contributed by atoms with Crippen LogP contribution in [0.15, 0.2) is 65.8 Å². The Morgan fingerprint density at radius 1 is 1.05 bits per heavy atom. The summed E-state index contributed by atoms with van der Waals surface area (Å²) in [5.41, 5.74) is 2.64. The molecular weight excluding hydrogens is 546 g/mol. The van der Waals surface area contributed by atoms with Crippen molar-refractivity contribution in [2.75, 3.05) is 43.4 Å². The minimum atomic E-state index is -0.439. The number of rotatable bonds is 10. The molecule has 4 aromatic rings. The highest BCUT2D eigenvalue weighted by molar-refractivity contribution is 5.98. The van der Waals surface area contributed by atoms with Gasteiger partial charge in [0.05, 0.1) is 30.5 Å². The Kier molecular flexibility index (Phi) is 7.07. The Labute approximate surface area is 248 Å². The molecule has 1 atom stereocenters. The van der Waals surface area contributed by atoms with Crippen LogP contribution in [0.25, 0.3) is 11.5 Å². The normalized spacial score (nSPS) is 21.5. The number of anilines is 3. The van der Waals surface area contributed by atoms with Crippen molar-refractivity contribution in [2.45, 2.75) is 37.3 Å². The fraction of sp³-hybridized carbons (Fsp3) is 0.355. The second-order valence-corrected chi connectivity index (χ2v) is 11.3. The van der Waals surface area contributed by atoms with Crippen molar-refractivity contribution in [2.24, 2.45) is 0 Å². The second kappa shape index (κ2) is 11.2. The van der Waals surface area contributed by atoms with Crippen LogP contribution in [0.3, 0.4) is 0 Å². The van der Waals surface area contributed by atoms with Gasteiger partial charge in [0.15, 0.2) is 5.82 Å². The number of fused-ring (bicyclic) bond motifs is 4. The lowest BCUT2D eigenvalue weighted by Crippen LogP contribution is -2.51. The van der Waals surface area contributed by atoms with Gasteiger partial charge in [0.1, 0.15) is 17.2 Å². The Balaban J connectivity index is 1.20. The number of aliphatic hydroxyl groups is 1. The number of benzene rings is 1. The van der Waals surface area contributed by atoms with Crippen molar-refractivity contribution in [3.05, 3.63) is 84.0 Å². The van der Waals surface area contributed by atoms with Crippen LogP contribution in [0.5, 0.6) is 0 Å². The molecule has 3 aromatic heterocycles. The number of nitrogens with zero attached hydrogens (tertiary/aromatic N) is 7. The summed E-state index contributed by atoms with van der Waals surface area (Å²) < 4.78 is 5.82. The maximum atomic E-state index is 12.6. The van der Waals surface area contributed by atoms with Crippen LogP contribution in [0.2, 0.25) is 0 Å². The van der Waals surface area contributed by atoms with Gasteiger partial charge >= 0.3 is 0 Å². The van der Waals surface area contributed by atoms with Gasteiger partial charge in [0, 0.05) is 18.2 Å². The predicted molar refractivity (Wildman–Crippen MR) is 160 cm³/mol. The molecule has 0 saturated carbocycles. The predicted octanol–water partition coefficient (Wildman–Crippen LogP) is 3.69. The fourth-order valence-electron chi connectivity index (χ4n) is 6.23. The molecule has 0 unspecified atom stereocenters. The van der Waals surface area contributed by atoms with E-state index in [0.717, 1.165) is 50.3 Å². The van der Waals surface area contributed by atoms with Crippen LogP contribution >= 0.6 is 0 Å². The van der Waals surface area contributed by atoms with Gasteiger partial charge < -0.3 is 30.1 Å². The van der Waals surface area contributed by atoms with Gasteiger partial charge in [-0.15, -0.1) is 6.58 Å². The summed E-state index contributed by atoms with van der Waals surface area (Å²) in [5.74, 6) is 2.23. The zero-order valence-electron chi connectivity index (χ0n) is 23.7. The summed E-state index contributed by atoms with van der Waals surface area (Å²) in [5, 5.41) is 21.3. The van der Waals surface area contributed by atoms with E-state index in [-0.39, 0.29) is 23.9 Å². The average Bonchev–Trinajstić information content (AvgIpc) is 3.67. The van der Waals surface area contributed by atoms with Crippen molar-refractivity contribution in [3.8, 4) is 11.5 Å². The van der Waals surface area contributed by atoms with Crippen molar-refractivity contribution in [3.63, 3.8) is 0 Å². The number of nitrogens with one attached hydrogen (secondary N) is 2. The molecule has 2 bridgehead atoms. The Hall–Kier alpha value is -4.68. The van der Waals surface area contributed by atoms with Gasteiger partial charge in [0.25, 0.3) is 11.8 Å². The first-order valence-electron chi connectivity index (χ1n) is 14.6. The molecule has 8 rings (SSSR count). The highest BCUT2D eigenvalue weighted by atomic mass is 16.5. The third-order valence-corrected chi connectivity index (χ3v) is 8.76. The molecule has 12 heteroatoms. The Morgan fingerprint density at radius 3 is 2.58 bits per heavy atom. The first-order valence-corrected chi connectivity index (χ1v) is 14.6. The van der Waals surface area contributed by atoms with Gasteiger partial charge in [-0.05, 0) is 56.6 Å². The molecule has 0 spiro atoms. The third-order valence-electron chi connectivity index (χ3n) is 8.76. The first kappa shape index (κ1) is 27.2. The van der Waals surface area contributed by atoms with E-state index < -0.39 is 6.04 Å². The molecule has 4 aliphatic heterocycles. The lowest BCUT2D eigenvalue weighted by Gasteiger charge is -2.46. The minimum absolute atomic E-state index is 0.0609.